The van der Waals surface area contributed by atoms with E-state index in [4.69, 9.17) is 9.47 Å². The highest BCUT2D eigenvalue weighted by Crippen LogP contribution is 2.41. The van der Waals surface area contributed by atoms with E-state index in [2.05, 4.69) is 0 Å². The highest BCUT2D eigenvalue weighted by atomic mass is 16.6. The van der Waals surface area contributed by atoms with Crippen LogP contribution in [0.5, 0.6) is 11.5 Å². The van der Waals surface area contributed by atoms with Crippen LogP contribution in [0.2, 0.25) is 0 Å². The van der Waals surface area contributed by atoms with Gasteiger partial charge in [-0.2, -0.15) is 0 Å². The van der Waals surface area contributed by atoms with Crippen molar-refractivity contribution in [1.82, 2.24) is 4.90 Å². The summed E-state index contributed by atoms with van der Waals surface area (Å²) in [4.78, 5) is 24.2. The van der Waals surface area contributed by atoms with Crippen molar-refractivity contribution in [3.8, 4) is 11.5 Å². The lowest BCUT2D eigenvalue weighted by Crippen LogP contribution is -2.34. The zero-order valence-electron chi connectivity index (χ0n) is 10.9. The van der Waals surface area contributed by atoms with Crippen molar-refractivity contribution >= 4 is 11.6 Å². The molecular formula is C12H14N2O5. The van der Waals surface area contributed by atoms with Crippen LogP contribution in [-0.4, -0.2) is 43.5 Å². The van der Waals surface area contributed by atoms with Gasteiger partial charge in [0.25, 0.3) is 5.91 Å². The normalized spacial score (nSPS) is 14.1. The molecule has 0 atom stereocenters. The summed E-state index contributed by atoms with van der Waals surface area (Å²) in [5.41, 5.74) is 0.622. The van der Waals surface area contributed by atoms with E-state index in [9.17, 15) is 14.9 Å². The largest absolute Gasteiger partial charge is 0.496 e. The minimum absolute atomic E-state index is 0.00245. The molecule has 2 rings (SSSR count). The van der Waals surface area contributed by atoms with Gasteiger partial charge in [-0.3, -0.25) is 14.9 Å². The van der Waals surface area contributed by atoms with Gasteiger partial charge in [-0.25, -0.2) is 0 Å². The SMILES string of the molecule is COc1cc([N+](=O)[O-])c(OC)c2c1CCN(C)C2=O. The van der Waals surface area contributed by atoms with Gasteiger partial charge in [0.1, 0.15) is 5.75 Å². The molecule has 1 amide bonds. The number of nitro groups is 1. The number of benzene rings is 1. The smallest absolute Gasteiger partial charge is 0.315 e. The van der Waals surface area contributed by atoms with Gasteiger partial charge in [0, 0.05) is 19.2 Å². The number of hydrogen-bond donors (Lipinski definition) is 0. The van der Waals surface area contributed by atoms with E-state index >= 15 is 0 Å². The standard InChI is InChI=1S/C12H14N2O5/c1-13-5-4-7-9(18-2)6-8(14(16)17)11(19-3)10(7)12(13)15/h6H,4-5H2,1-3H3. The number of methoxy groups -OCH3 is 2. The molecule has 0 spiro atoms. The van der Waals surface area contributed by atoms with Crippen molar-refractivity contribution in [3.63, 3.8) is 0 Å². The van der Waals surface area contributed by atoms with Crippen LogP contribution in [0.1, 0.15) is 15.9 Å². The molecule has 0 unspecified atom stereocenters. The average Bonchev–Trinajstić information content (AvgIpc) is 2.40. The number of rotatable bonds is 3. The van der Waals surface area contributed by atoms with E-state index in [0.717, 1.165) is 0 Å². The predicted octanol–water partition coefficient (Wildman–Crippen LogP) is 1.24. The van der Waals surface area contributed by atoms with E-state index in [-0.39, 0.29) is 22.9 Å². The molecule has 0 N–H and O–H groups in total. The summed E-state index contributed by atoms with van der Waals surface area (Å²) in [5.74, 6) is 0.0569. The van der Waals surface area contributed by atoms with Crippen molar-refractivity contribution in [2.45, 2.75) is 6.42 Å². The van der Waals surface area contributed by atoms with Crippen LogP contribution in [0.3, 0.4) is 0 Å². The summed E-state index contributed by atoms with van der Waals surface area (Å²) < 4.78 is 10.2. The molecule has 1 aliphatic rings. The number of carbonyl (C=O) groups excluding carboxylic acids is 1. The highest BCUT2D eigenvalue weighted by molar-refractivity contribution is 6.01. The van der Waals surface area contributed by atoms with Crippen LogP contribution in [0.4, 0.5) is 5.69 Å². The first-order valence-electron chi connectivity index (χ1n) is 5.69. The second kappa shape index (κ2) is 4.75. The zero-order chi connectivity index (χ0) is 14.2. The summed E-state index contributed by atoms with van der Waals surface area (Å²) in [6, 6.07) is 1.30. The van der Waals surface area contributed by atoms with Gasteiger partial charge in [-0.15, -0.1) is 0 Å². The number of ether oxygens (including phenoxy) is 2. The number of likely N-dealkylation sites (N-methyl/N-ethyl adjacent to an activating group) is 1. The minimum atomic E-state index is -0.580. The highest BCUT2D eigenvalue weighted by Gasteiger charge is 2.34. The molecule has 19 heavy (non-hydrogen) atoms. The van der Waals surface area contributed by atoms with Gasteiger partial charge in [0.05, 0.1) is 30.8 Å². The second-order valence-electron chi connectivity index (χ2n) is 4.22. The van der Waals surface area contributed by atoms with Crippen LogP contribution >= 0.6 is 0 Å². The number of carbonyl (C=O) groups is 1. The van der Waals surface area contributed by atoms with Crippen LogP contribution in [0.15, 0.2) is 6.07 Å². The summed E-state index contributed by atoms with van der Waals surface area (Å²) in [7, 11) is 4.39. The Morgan fingerprint density at radius 3 is 2.58 bits per heavy atom. The predicted molar refractivity (Wildman–Crippen MR) is 66.9 cm³/mol. The summed E-state index contributed by atoms with van der Waals surface area (Å²) in [5, 5.41) is 11.1. The molecule has 7 nitrogen and oxygen atoms in total. The number of amides is 1. The molecule has 0 saturated carbocycles. The van der Waals surface area contributed by atoms with Crippen molar-refractivity contribution in [2.75, 3.05) is 27.8 Å². The average molecular weight is 266 g/mol. The fourth-order valence-corrected chi connectivity index (χ4v) is 2.24. The van der Waals surface area contributed by atoms with Crippen LogP contribution in [-0.2, 0) is 6.42 Å². The lowest BCUT2D eigenvalue weighted by atomic mass is 9.96. The maximum Gasteiger partial charge on any atom is 0.315 e. The maximum atomic E-state index is 12.2. The van der Waals surface area contributed by atoms with Crippen molar-refractivity contribution in [2.24, 2.45) is 0 Å². The molecule has 0 bridgehead atoms. The van der Waals surface area contributed by atoms with Gasteiger partial charge in [0.2, 0.25) is 5.75 Å². The molecule has 0 aliphatic carbocycles. The molecular weight excluding hydrogens is 252 g/mol. The van der Waals surface area contributed by atoms with Crippen molar-refractivity contribution in [3.05, 3.63) is 27.3 Å². The van der Waals surface area contributed by atoms with Crippen LogP contribution in [0, 0.1) is 10.1 Å². The van der Waals surface area contributed by atoms with Gasteiger partial charge in [0.15, 0.2) is 0 Å². The first-order chi connectivity index (χ1) is 9.01. The van der Waals surface area contributed by atoms with E-state index in [1.807, 2.05) is 0 Å². The molecule has 0 saturated heterocycles. The Labute approximate surface area is 109 Å². The monoisotopic (exact) mass is 266 g/mol. The lowest BCUT2D eigenvalue weighted by Gasteiger charge is -2.27. The molecule has 102 valence electrons. The van der Waals surface area contributed by atoms with Gasteiger partial charge < -0.3 is 14.4 Å². The Morgan fingerprint density at radius 1 is 1.37 bits per heavy atom. The Morgan fingerprint density at radius 2 is 2.05 bits per heavy atom. The molecule has 1 aromatic rings. The fourth-order valence-electron chi connectivity index (χ4n) is 2.24. The minimum Gasteiger partial charge on any atom is -0.496 e. The van der Waals surface area contributed by atoms with Gasteiger partial charge in [-0.05, 0) is 6.42 Å². The quantitative estimate of drug-likeness (QED) is 0.607. The molecule has 1 aromatic carbocycles. The van der Waals surface area contributed by atoms with Crippen molar-refractivity contribution in [1.29, 1.82) is 0 Å². The molecule has 0 fully saturated rings. The lowest BCUT2D eigenvalue weighted by molar-refractivity contribution is -0.385. The summed E-state index contributed by atoms with van der Waals surface area (Å²) in [6.07, 6.45) is 0.578. The third kappa shape index (κ3) is 1.96. The van der Waals surface area contributed by atoms with E-state index in [0.29, 0.717) is 24.3 Å². The van der Waals surface area contributed by atoms with E-state index < -0.39 is 4.92 Å². The maximum absolute atomic E-state index is 12.2. The van der Waals surface area contributed by atoms with E-state index in [1.54, 1.807) is 7.05 Å². The van der Waals surface area contributed by atoms with Crippen LogP contribution < -0.4 is 9.47 Å². The topological polar surface area (TPSA) is 81.9 Å². The number of nitrogens with zero attached hydrogens (tertiary/aromatic N) is 2. The van der Waals surface area contributed by atoms with Crippen LogP contribution in [0.25, 0.3) is 0 Å². The van der Waals surface area contributed by atoms with Gasteiger partial charge >= 0.3 is 5.69 Å². The molecule has 0 radical (unpaired) electrons. The summed E-state index contributed by atoms with van der Waals surface area (Å²) >= 11 is 0. The molecule has 7 heteroatoms. The second-order valence-corrected chi connectivity index (χ2v) is 4.22. The van der Waals surface area contributed by atoms with Gasteiger partial charge in [-0.1, -0.05) is 0 Å². The fraction of sp³-hybridized carbons (Fsp3) is 0.417. The molecule has 1 aliphatic heterocycles. The molecule has 0 aromatic heterocycles. The van der Waals surface area contributed by atoms with Crippen molar-refractivity contribution < 1.29 is 19.2 Å². The first-order valence-corrected chi connectivity index (χ1v) is 5.69. The third-order valence-corrected chi connectivity index (χ3v) is 3.21. The third-order valence-electron chi connectivity index (χ3n) is 3.21. The molecule has 1 heterocycles. The summed E-state index contributed by atoms with van der Waals surface area (Å²) in [6.45, 7) is 0.545. The Kier molecular flexibility index (Phi) is 3.28. The zero-order valence-corrected chi connectivity index (χ0v) is 10.9. The first kappa shape index (κ1) is 13.1. The Hall–Kier alpha value is -2.31. The Bertz CT molecular complexity index is 556. The number of hydrogen-bond acceptors (Lipinski definition) is 5. The number of nitro benzene ring substituents is 1. The van der Waals surface area contributed by atoms with E-state index in [1.165, 1.54) is 25.2 Å². The Balaban J connectivity index is 2.78. The number of fused-ring (bicyclic) bond motifs is 1.